The van der Waals surface area contributed by atoms with Gasteiger partial charge >= 0.3 is 0 Å². The molecule has 4 fully saturated rings. The van der Waals surface area contributed by atoms with Gasteiger partial charge < -0.3 is 25.6 Å². The molecule has 2 saturated carbocycles. The van der Waals surface area contributed by atoms with E-state index in [0.717, 1.165) is 51.1 Å². The quantitative estimate of drug-likeness (QED) is 0.474. The average Bonchev–Trinajstić information content (AvgIpc) is 2.73. The van der Waals surface area contributed by atoms with E-state index in [9.17, 15) is 10.2 Å². The van der Waals surface area contributed by atoms with E-state index in [2.05, 4.69) is 22.9 Å². The van der Waals surface area contributed by atoms with Gasteiger partial charge in [0.05, 0.1) is 24.5 Å². The molecule has 6 heteroatoms. The third-order valence-corrected chi connectivity index (χ3v) is 8.44. The van der Waals surface area contributed by atoms with Crippen molar-refractivity contribution in [2.24, 2.45) is 23.7 Å². The second-order valence-electron chi connectivity index (χ2n) is 10.4. The van der Waals surface area contributed by atoms with Gasteiger partial charge in [-0.15, -0.1) is 0 Å². The van der Waals surface area contributed by atoms with Crippen LogP contribution in [0.25, 0.3) is 0 Å². The van der Waals surface area contributed by atoms with Crippen LogP contribution in [0.4, 0.5) is 0 Å². The highest BCUT2D eigenvalue weighted by Gasteiger charge is 2.46. The molecule has 2 aliphatic carbocycles. The van der Waals surface area contributed by atoms with E-state index in [-0.39, 0.29) is 30.2 Å². The lowest BCUT2D eigenvalue weighted by atomic mass is 9.66. The molecule has 2 saturated heterocycles. The van der Waals surface area contributed by atoms with Crippen LogP contribution in [-0.4, -0.2) is 67.0 Å². The number of aliphatic hydroxyl groups is 2. The molecular weight excluding hydrogens is 366 g/mol. The Labute approximate surface area is 176 Å². The number of nitrogens with one attached hydrogen (secondary N) is 3. The molecule has 10 unspecified atom stereocenters. The van der Waals surface area contributed by atoms with Gasteiger partial charge in [0.25, 0.3) is 0 Å². The monoisotopic (exact) mass is 409 g/mol. The Hall–Kier alpha value is -0.240. The van der Waals surface area contributed by atoms with Gasteiger partial charge in [-0.05, 0) is 88.6 Å². The Kier molecular flexibility index (Phi) is 7.52. The number of hydrogen-bond donors (Lipinski definition) is 5. The maximum atomic E-state index is 11.4. The minimum atomic E-state index is -0.400. The molecule has 0 aromatic rings. The molecule has 29 heavy (non-hydrogen) atoms. The second-order valence-corrected chi connectivity index (χ2v) is 10.4. The van der Waals surface area contributed by atoms with Gasteiger partial charge in [0, 0.05) is 25.1 Å². The van der Waals surface area contributed by atoms with Crippen molar-refractivity contribution < 1.29 is 14.9 Å². The van der Waals surface area contributed by atoms with Crippen LogP contribution < -0.4 is 16.0 Å². The molecule has 0 spiro atoms. The number of rotatable bonds is 5. The van der Waals surface area contributed by atoms with E-state index in [1.54, 1.807) is 7.11 Å². The van der Waals surface area contributed by atoms with Crippen LogP contribution in [0.3, 0.4) is 0 Å². The SMILES string of the molecule is COC1CCC(C(NC2CC(C)CCN2)C2CCC3CCCNC3C2O)CC1O. The first-order valence-corrected chi connectivity index (χ1v) is 12.2. The maximum Gasteiger partial charge on any atom is 0.0830 e. The van der Waals surface area contributed by atoms with Crippen LogP contribution in [0.1, 0.15) is 64.7 Å². The topological polar surface area (TPSA) is 85.8 Å². The molecule has 5 N–H and O–H groups in total. The van der Waals surface area contributed by atoms with Gasteiger partial charge in [0.1, 0.15) is 0 Å². The number of fused-ring (bicyclic) bond motifs is 1. The molecule has 4 rings (SSSR count). The van der Waals surface area contributed by atoms with Gasteiger partial charge in [0.15, 0.2) is 0 Å². The smallest absolute Gasteiger partial charge is 0.0830 e. The Bertz CT molecular complexity index is 522. The van der Waals surface area contributed by atoms with Crippen LogP contribution >= 0.6 is 0 Å². The zero-order valence-corrected chi connectivity index (χ0v) is 18.4. The third-order valence-electron chi connectivity index (χ3n) is 8.44. The van der Waals surface area contributed by atoms with Crippen LogP contribution in [0.5, 0.6) is 0 Å². The first kappa shape index (κ1) is 22.0. The van der Waals surface area contributed by atoms with Gasteiger partial charge in [-0.2, -0.15) is 0 Å². The highest BCUT2D eigenvalue weighted by Crippen LogP contribution is 2.40. The summed E-state index contributed by atoms with van der Waals surface area (Å²) in [5, 5.41) is 33.3. The summed E-state index contributed by atoms with van der Waals surface area (Å²) in [4.78, 5) is 0. The fourth-order valence-corrected chi connectivity index (χ4v) is 6.77. The Morgan fingerprint density at radius 1 is 0.966 bits per heavy atom. The summed E-state index contributed by atoms with van der Waals surface area (Å²) in [6, 6.07) is 0.482. The van der Waals surface area contributed by atoms with Crippen LogP contribution in [0.2, 0.25) is 0 Å². The largest absolute Gasteiger partial charge is 0.391 e. The van der Waals surface area contributed by atoms with Gasteiger partial charge in [-0.25, -0.2) is 0 Å². The van der Waals surface area contributed by atoms with Crippen LogP contribution in [0.15, 0.2) is 0 Å². The van der Waals surface area contributed by atoms with Gasteiger partial charge in [-0.3, -0.25) is 5.32 Å². The van der Waals surface area contributed by atoms with Crippen LogP contribution in [0, 0.1) is 23.7 Å². The third kappa shape index (κ3) is 4.99. The minimum Gasteiger partial charge on any atom is -0.391 e. The standard InChI is InChI=1S/C23H43N3O3/c1-14-9-11-24-20(12-14)26-21(16-6-8-19(29-2)18(27)13-16)17-7-5-15-4-3-10-25-22(15)23(17)28/h14-28H,3-13H2,1-2H3. The molecular formula is C23H43N3O3. The highest BCUT2D eigenvalue weighted by atomic mass is 16.5. The lowest BCUT2D eigenvalue weighted by Crippen LogP contribution is -2.63. The van der Waals surface area contributed by atoms with E-state index < -0.39 is 6.10 Å². The van der Waals surface area contributed by atoms with Crippen molar-refractivity contribution >= 4 is 0 Å². The number of hydrogen-bond acceptors (Lipinski definition) is 6. The average molecular weight is 410 g/mol. The Balaban J connectivity index is 1.49. The van der Waals surface area contributed by atoms with E-state index in [1.165, 1.54) is 25.7 Å². The van der Waals surface area contributed by atoms with Crippen molar-refractivity contribution in [3.8, 4) is 0 Å². The fourth-order valence-electron chi connectivity index (χ4n) is 6.77. The lowest BCUT2D eigenvalue weighted by molar-refractivity contribution is -0.0735. The van der Waals surface area contributed by atoms with Crippen molar-refractivity contribution in [3.63, 3.8) is 0 Å². The van der Waals surface area contributed by atoms with E-state index >= 15 is 0 Å². The zero-order valence-electron chi connectivity index (χ0n) is 18.4. The molecule has 0 aromatic carbocycles. The van der Waals surface area contributed by atoms with Crippen molar-refractivity contribution in [1.82, 2.24) is 16.0 Å². The first-order chi connectivity index (χ1) is 14.1. The molecule has 0 bridgehead atoms. The maximum absolute atomic E-state index is 11.4. The van der Waals surface area contributed by atoms with Gasteiger partial charge in [0.2, 0.25) is 0 Å². The Morgan fingerprint density at radius 3 is 2.59 bits per heavy atom. The summed E-state index contributed by atoms with van der Waals surface area (Å²) in [7, 11) is 1.71. The predicted molar refractivity (Wildman–Crippen MR) is 115 cm³/mol. The van der Waals surface area contributed by atoms with E-state index in [4.69, 9.17) is 4.74 Å². The molecule has 2 aliphatic heterocycles. The molecule has 168 valence electrons. The number of aliphatic hydroxyl groups excluding tert-OH is 2. The molecule has 6 nitrogen and oxygen atoms in total. The number of piperidine rings is 2. The fraction of sp³-hybridized carbons (Fsp3) is 1.00. The summed E-state index contributed by atoms with van der Waals surface area (Å²) in [6.45, 7) is 4.43. The van der Waals surface area contributed by atoms with Crippen molar-refractivity contribution in [3.05, 3.63) is 0 Å². The van der Waals surface area contributed by atoms with E-state index in [0.29, 0.717) is 18.0 Å². The Morgan fingerprint density at radius 2 is 1.83 bits per heavy atom. The second kappa shape index (κ2) is 9.92. The normalized spacial score (nSPS) is 47.4. The lowest BCUT2D eigenvalue weighted by Gasteiger charge is -2.50. The minimum absolute atomic E-state index is 0.0413. The zero-order chi connectivity index (χ0) is 20.4. The predicted octanol–water partition coefficient (Wildman–Crippen LogP) is 1.61. The van der Waals surface area contributed by atoms with Crippen molar-refractivity contribution in [2.75, 3.05) is 20.2 Å². The summed E-state index contributed by atoms with van der Waals surface area (Å²) >= 11 is 0. The summed E-state index contributed by atoms with van der Waals surface area (Å²) in [5.74, 6) is 1.98. The van der Waals surface area contributed by atoms with E-state index in [1.807, 2.05) is 0 Å². The molecule has 2 heterocycles. The van der Waals surface area contributed by atoms with Gasteiger partial charge in [-0.1, -0.05) is 6.92 Å². The molecule has 0 amide bonds. The molecule has 0 radical (unpaired) electrons. The molecule has 4 aliphatic rings. The first-order valence-electron chi connectivity index (χ1n) is 12.2. The molecule has 10 atom stereocenters. The van der Waals surface area contributed by atoms with Crippen molar-refractivity contribution in [1.29, 1.82) is 0 Å². The number of methoxy groups -OCH3 is 1. The number of ether oxygens (including phenoxy) is 1. The highest BCUT2D eigenvalue weighted by molar-refractivity contribution is 5.01. The summed E-state index contributed by atoms with van der Waals surface area (Å²) < 4.78 is 5.49. The van der Waals surface area contributed by atoms with Crippen LogP contribution in [-0.2, 0) is 4.74 Å². The van der Waals surface area contributed by atoms with Crippen molar-refractivity contribution in [2.45, 2.75) is 101 Å². The summed E-state index contributed by atoms with van der Waals surface area (Å²) in [5.41, 5.74) is 0. The molecule has 0 aromatic heterocycles. The summed E-state index contributed by atoms with van der Waals surface area (Å²) in [6.07, 6.45) is 9.45.